The fraction of sp³-hybridized carbons (Fsp3) is 0.455. The third-order valence-electron chi connectivity index (χ3n) is 2.26. The third kappa shape index (κ3) is 3.96. The Balaban J connectivity index is 2.74. The van der Waals surface area contributed by atoms with Gasteiger partial charge in [-0.3, -0.25) is 4.79 Å². The number of carbonyl (C=O) groups excluding carboxylic acids is 1. The molecule has 2 unspecified atom stereocenters. The van der Waals surface area contributed by atoms with Gasteiger partial charge in [0.25, 0.3) is 0 Å². The van der Waals surface area contributed by atoms with Gasteiger partial charge >= 0.3 is 0 Å². The zero-order valence-electron chi connectivity index (χ0n) is 9.64. The van der Waals surface area contributed by atoms with Crippen molar-refractivity contribution in [3.63, 3.8) is 0 Å². The first kappa shape index (κ1) is 13.9. The van der Waals surface area contributed by atoms with E-state index in [1.165, 1.54) is 6.92 Å². The Morgan fingerprint density at radius 1 is 1.53 bits per heavy atom. The third-order valence-corrected chi connectivity index (χ3v) is 2.56. The molecule has 1 amide bonds. The van der Waals surface area contributed by atoms with Crippen LogP contribution in [0, 0.1) is 6.92 Å². The van der Waals surface area contributed by atoms with Crippen LogP contribution in [0.25, 0.3) is 0 Å². The summed E-state index contributed by atoms with van der Waals surface area (Å²) in [5.41, 5.74) is 1.07. The Morgan fingerprint density at radius 2 is 2.18 bits per heavy atom. The van der Waals surface area contributed by atoms with E-state index in [1.807, 2.05) is 0 Å². The van der Waals surface area contributed by atoms with Crippen molar-refractivity contribution in [1.82, 2.24) is 10.3 Å². The molecule has 0 bridgehead atoms. The SMILES string of the molecule is CC(=O)NCC(O)C(O)c1ccc(C)nc1Cl. The van der Waals surface area contributed by atoms with Crippen LogP contribution in [0.2, 0.25) is 5.15 Å². The van der Waals surface area contributed by atoms with Gasteiger partial charge in [-0.05, 0) is 13.0 Å². The van der Waals surface area contributed by atoms with E-state index >= 15 is 0 Å². The number of nitrogens with zero attached hydrogens (tertiary/aromatic N) is 1. The molecule has 0 aliphatic heterocycles. The van der Waals surface area contributed by atoms with Crippen LogP contribution in [0.4, 0.5) is 0 Å². The van der Waals surface area contributed by atoms with Crippen LogP contribution < -0.4 is 5.32 Å². The van der Waals surface area contributed by atoms with Gasteiger partial charge in [-0.2, -0.15) is 0 Å². The molecule has 6 heteroatoms. The molecule has 1 aromatic heterocycles. The van der Waals surface area contributed by atoms with Crippen LogP contribution in [0.15, 0.2) is 12.1 Å². The number of hydrogen-bond donors (Lipinski definition) is 3. The number of halogens is 1. The Hall–Kier alpha value is -1.17. The zero-order valence-corrected chi connectivity index (χ0v) is 10.4. The van der Waals surface area contributed by atoms with E-state index in [2.05, 4.69) is 10.3 Å². The number of nitrogens with one attached hydrogen (secondary N) is 1. The van der Waals surface area contributed by atoms with Gasteiger partial charge in [0.1, 0.15) is 17.4 Å². The van der Waals surface area contributed by atoms with Gasteiger partial charge in [-0.25, -0.2) is 4.98 Å². The number of amides is 1. The van der Waals surface area contributed by atoms with Crippen molar-refractivity contribution in [2.75, 3.05) is 6.54 Å². The molecule has 0 radical (unpaired) electrons. The van der Waals surface area contributed by atoms with Crippen LogP contribution in [0.1, 0.15) is 24.3 Å². The average molecular weight is 259 g/mol. The summed E-state index contributed by atoms with van der Waals surface area (Å²) in [6, 6.07) is 3.29. The van der Waals surface area contributed by atoms with Gasteiger partial charge in [0, 0.05) is 24.7 Å². The maximum absolute atomic E-state index is 10.7. The van der Waals surface area contributed by atoms with E-state index in [4.69, 9.17) is 11.6 Å². The van der Waals surface area contributed by atoms with E-state index in [9.17, 15) is 15.0 Å². The molecule has 0 saturated heterocycles. The standard InChI is InChI=1S/C11H15ClN2O3/c1-6-3-4-8(11(12)14-6)10(17)9(16)5-13-7(2)15/h3-4,9-10,16-17H,5H2,1-2H3,(H,13,15). The maximum Gasteiger partial charge on any atom is 0.216 e. The molecule has 0 saturated carbocycles. The minimum atomic E-state index is -1.18. The van der Waals surface area contributed by atoms with Gasteiger partial charge in [-0.15, -0.1) is 0 Å². The van der Waals surface area contributed by atoms with Crippen molar-refractivity contribution in [2.45, 2.75) is 26.1 Å². The minimum Gasteiger partial charge on any atom is -0.388 e. The van der Waals surface area contributed by atoms with Crippen molar-refractivity contribution in [1.29, 1.82) is 0 Å². The van der Waals surface area contributed by atoms with Gasteiger partial charge in [0.05, 0.1) is 0 Å². The highest BCUT2D eigenvalue weighted by atomic mass is 35.5. The number of aromatic nitrogens is 1. The average Bonchev–Trinajstić information content (AvgIpc) is 2.25. The molecule has 1 rings (SSSR count). The maximum atomic E-state index is 10.7. The lowest BCUT2D eigenvalue weighted by atomic mass is 10.1. The first-order valence-electron chi connectivity index (χ1n) is 5.15. The second kappa shape index (κ2) is 5.95. The molecule has 3 N–H and O–H groups in total. The number of hydrogen-bond acceptors (Lipinski definition) is 4. The molecule has 1 heterocycles. The number of aliphatic hydroxyl groups excluding tert-OH is 2. The molecule has 2 atom stereocenters. The van der Waals surface area contributed by atoms with Crippen molar-refractivity contribution >= 4 is 17.5 Å². The first-order chi connectivity index (χ1) is 7.91. The van der Waals surface area contributed by atoms with Crippen LogP contribution >= 0.6 is 11.6 Å². The van der Waals surface area contributed by atoms with Crippen LogP contribution in [0.5, 0.6) is 0 Å². The lowest BCUT2D eigenvalue weighted by Gasteiger charge is -2.19. The van der Waals surface area contributed by atoms with Gasteiger partial charge in [0.2, 0.25) is 5.91 Å². The summed E-state index contributed by atoms with van der Waals surface area (Å²) in [5.74, 6) is -0.274. The predicted octanol–water partition coefficient (Wildman–Crippen LogP) is 0.574. The molecule has 17 heavy (non-hydrogen) atoms. The topological polar surface area (TPSA) is 82.5 Å². The second-order valence-electron chi connectivity index (χ2n) is 3.78. The quantitative estimate of drug-likeness (QED) is 0.690. The van der Waals surface area contributed by atoms with Crippen LogP contribution in [-0.2, 0) is 4.79 Å². The van der Waals surface area contributed by atoms with Gasteiger partial charge in [0.15, 0.2) is 0 Å². The van der Waals surface area contributed by atoms with Gasteiger partial charge in [-0.1, -0.05) is 17.7 Å². The Labute approximate surface area is 104 Å². The predicted molar refractivity (Wildman–Crippen MR) is 63.6 cm³/mol. The molecule has 94 valence electrons. The lowest BCUT2D eigenvalue weighted by Crippen LogP contribution is -2.34. The summed E-state index contributed by atoms with van der Waals surface area (Å²) >= 11 is 5.86. The van der Waals surface area contributed by atoms with E-state index in [1.54, 1.807) is 19.1 Å². The van der Waals surface area contributed by atoms with Gasteiger partial charge < -0.3 is 15.5 Å². The van der Waals surface area contributed by atoms with Crippen molar-refractivity contribution in [3.05, 3.63) is 28.5 Å². The summed E-state index contributed by atoms with van der Waals surface area (Å²) in [7, 11) is 0. The smallest absolute Gasteiger partial charge is 0.216 e. The minimum absolute atomic E-state index is 0.0410. The molecule has 0 fully saturated rings. The fourth-order valence-corrected chi connectivity index (χ4v) is 1.63. The lowest BCUT2D eigenvalue weighted by molar-refractivity contribution is -0.119. The number of aliphatic hydroxyl groups is 2. The van der Waals surface area contributed by atoms with E-state index < -0.39 is 12.2 Å². The van der Waals surface area contributed by atoms with Crippen molar-refractivity contribution in [3.8, 4) is 0 Å². The normalized spacial score (nSPS) is 14.2. The van der Waals surface area contributed by atoms with Crippen LogP contribution in [-0.4, -0.2) is 33.8 Å². The number of carbonyl (C=O) groups is 1. The summed E-state index contributed by atoms with van der Waals surface area (Å²) in [5, 5.41) is 22.1. The highest BCUT2D eigenvalue weighted by Gasteiger charge is 2.21. The summed E-state index contributed by atoms with van der Waals surface area (Å²) in [4.78, 5) is 14.7. The number of rotatable bonds is 4. The Morgan fingerprint density at radius 3 is 2.71 bits per heavy atom. The number of aryl methyl sites for hydroxylation is 1. The second-order valence-corrected chi connectivity index (χ2v) is 4.14. The van der Waals surface area contributed by atoms with Crippen LogP contribution in [0.3, 0.4) is 0 Å². The summed E-state index contributed by atoms with van der Waals surface area (Å²) in [6.07, 6.45) is -2.30. The number of pyridine rings is 1. The molecular weight excluding hydrogens is 244 g/mol. The fourth-order valence-electron chi connectivity index (χ4n) is 1.32. The molecule has 0 aliphatic rings. The largest absolute Gasteiger partial charge is 0.388 e. The summed E-state index contributed by atoms with van der Waals surface area (Å²) in [6.45, 7) is 3.07. The van der Waals surface area contributed by atoms with Crippen molar-refractivity contribution < 1.29 is 15.0 Å². The van der Waals surface area contributed by atoms with E-state index in [-0.39, 0.29) is 17.6 Å². The Bertz CT molecular complexity index is 412. The van der Waals surface area contributed by atoms with E-state index in [0.29, 0.717) is 5.56 Å². The molecule has 1 aromatic rings. The molecular formula is C11H15ClN2O3. The summed E-state index contributed by atoms with van der Waals surface area (Å²) < 4.78 is 0. The highest BCUT2D eigenvalue weighted by Crippen LogP contribution is 2.23. The zero-order chi connectivity index (χ0) is 13.0. The van der Waals surface area contributed by atoms with Crippen molar-refractivity contribution in [2.24, 2.45) is 0 Å². The Kier molecular flexibility index (Phi) is 4.86. The molecule has 0 spiro atoms. The molecule has 0 aliphatic carbocycles. The highest BCUT2D eigenvalue weighted by molar-refractivity contribution is 6.30. The monoisotopic (exact) mass is 258 g/mol. The molecule has 5 nitrogen and oxygen atoms in total. The van der Waals surface area contributed by atoms with E-state index in [0.717, 1.165) is 5.69 Å². The molecule has 0 aromatic carbocycles. The first-order valence-corrected chi connectivity index (χ1v) is 5.53.